The molecule has 1 heterocycles. The van der Waals surface area contributed by atoms with E-state index in [2.05, 4.69) is 10.3 Å². The molecule has 0 amide bonds. The van der Waals surface area contributed by atoms with Crippen LogP contribution in [0.15, 0.2) is 34.7 Å². The maximum Gasteiger partial charge on any atom is 0.300 e. The summed E-state index contributed by atoms with van der Waals surface area (Å²) in [7, 11) is 0. The van der Waals surface area contributed by atoms with Gasteiger partial charge in [-0.05, 0) is 42.3 Å². The fourth-order valence-electron chi connectivity index (χ4n) is 2.47. The minimum absolute atomic E-state index is 0.00341. The zero-order chi connectivity index (χ0) is 18.1. The van der Waals surface area contributed by atoms with Crippen LogP contribution >= 0.6 is 0 Å². The molecule has 0 atom stereocenters. The Hall–Kier alpha value is -2.76. The number of halogens is 2. The van der Waals surface area contributed by atoms with Crippen molar-refractivity contribution < 1.29 is 18.0 Å². The second-order valence-corrected chi connectivity index (χ2v) is 6.29. The molecule has 6 heteroatoms. The number of Topliss-reactive ketones (excluding diaryl/α,β-unsaturated/α-hetero) is 1. The Labute approximate surface area is 143 Å². The van der Waals surface area contributed by atoms with Crippen molar-refractivity contribution in [2.24, 2.45) is 5.92 Å². The number of hydrogen-bond acceptors (Lipinski definition) is 4. The second-order valence-electron chi connectivity index (χ2n) is 6.29. The molecule has 2 aromatic carbocycles. The van der Waals surface area contributed by atoms with Gasteiger partial charge < -0.3 is 9.73 Å². The Morgan fingerprint density at radius 3 is 2.68 bits per heavy atom. The van der Waals surface area contributed by atoms with Crippen molar-refractivity contribution in [1.29, 1.82) is 0 Å². The molecule has 0 aliphatic heterocycles. The average Bonchev–Trinajstić information content (AvgIpc) is 2.96. The first-order chi connectivity index (χ1) is 11.8. The Morgan fingerprint density at radius 1 is 1.24 bits per heavy atom. The number of nitrogens with one attached hydrogen (secondary N) is 1. The highest BCUT2D eigenvalue weighted by molar-refractivity contribution is 5.84. The number of carbonyl (C=O) groups is 1. The van der Waals surface area contributed by atoms with E-state index < -0.39 is 5.82 Å². The SMILES string of the molecule is Cc1cc(F)ccc1Nc1nc2ccc(CC(=O)C(C)C)c(F)c2o1. The third kappa shape index (κ3) is 3.52. The summed E-state index contributed by atoms with van der Waals surface area (Å²) in [6.07, 6.45) is 0.0139. The van der Waals surface area contributed by atoms with E-state index >= 15 is 0 Å². The molecule has 3 aromatic rings. The van der Waals surface area contributed by atoms with Gasteiger partial charge in [-0.1, -0.05) is 19.9 Å². The molecule has 0 saturated heterocycles. The van der Waals surface area contributed by atoms with Crippen molar-refractivity contribution in [3.63, 3.8) is 0 Å². The normalized spacial score (nSPS) is 11.3. The minimum atomic E-state index is -0.581. The monoisotopic (exact) mass is 344 g/mol. The summed E-state index contributed by atoms with van der Waals surface area (Å²) in [5, 5.41) is 2.92. The Morgan fingerprint density at radius 2 is 2.00 bits per heavy atom. The molecule has 0 spiro atoms. The summed E-state index contributed by atoms with van der Waals surface area (Å²) in [5.41, 5.74) is 1.92. The Bertz CT molecular complexity index is 948. The zero-order valence-corrected chi connectivity index (χ0v) is 14.2. The zero-order valence-electron chi connectivity index (χ0n) is 14.2. The topological polar surface area (TPSA) is 55.1 Å². The van der Waals surface area contributed by atoms with E-state index in [-0.39, 0.29) is 41.1 Å². The molecule has 0 saturated carbocycles. The number of rotatable bonds is 5. The van der Waals surface area contributed by atoms with Crippen molar-refractivity contribution >= 4 is 28.6 Å². The summed E-state index contributed by atoms with van der Waals surface area (Å²) < 4.78 is 33.3. The van der Waals surface area contributed by atoms with Crippen LogP contribution in [0.4, 0.5) is 20.5 Å². The smallest absolute Gasteiger partial charge is 0.300 e. The number of aryl methyl sites for hydroxylation is 1. The van der Waals surface area contributed by atoms with Gasteiger partial charge in [0.05, 0.1) is 0 Å². The van der Waals surface area contributed by atoms with Crippen LogP contribution in [0.25, 0.3) is 11.1 Å². The molecule has 4 nitrogen and oxygen atoms in total. The lowest BCUT2D eigenvalue weighted by molar-refractivity contribution is -0.121. The first kappa shape index (κ1) is 17.1. The number of aromatic nitrogens is 1. The number of nitrogens with zero attached hydrogens (tertiary/aromatic N) is 1. The highest BCUT2D eigenvalue weighted by Crippen LogP contribution is 2.28. The van der Waals surface area contributed by atoms with Crippen molar-refractivity contribution in [1.82, 2.24) is 4.98 Å². The quantitative estimate of drug-likeness (QED) is 0.713. The molecule has 0 fully saturated rings. The molecule has 130 valence electrons. The van der Waals surface area contributed by atoms with Gasteiger partial charge in [0, 0.05) is 18.0 Å². The summed E-state index contributed by atoms with van der Waals surface area (Å²) >= 11 is 0. The van der Waals surface area contributed by atoms with Gasteiger partial charge in [0.2, 0.25) is 0 Å². The van der Waals surface area contributed by atoms with Gasteiger partial charge in [-0.15, -0.1) is 0 Å². The average molecular weight is 344 g/mol. The van der Waals surface area contributed by atoms with Gasteiger partial charge in [-0.2, -0.15) is 4.98 Å². The summed E-state index contributed by atoms with van der Waals surface area (Å²) in [6, 6.07) is 7.52. The van der Waals surface area contributed by atoms with Gasteiger partial charge in [0.1, 0.15) is 17.1 Å². The largest absolute Gasteiger partial charge is 0.420 e. The fourth-order valence-corrected chi connectivity index (χ4v) is 2.47. The fraction of sp³-hybridized carbons (Fsp3) is 0.263. The van der Waals surface area contributed by atoms with Gasteiger partial charge in [-0.3, -0.25) is 4.79 Å². The van der Waals surface area contributed by atoms with E-state index in [0.29, 0.717) is 16.8 Å². The molecule has 0 aliphatic carbocycles. The van der Waals surface area contributed by atoms with E-state index in [0.717, 1.165) is 0 Å². The van der Waals surface area contributed by atoms with Crippen LogP contribution in [0, 0.1) is 24.5 Å². The van der Waals surface area contributed by atoms with Gasteiger partial charge in [0.25, 0.3) is 6.01 Å². The van der Waals surface area contributed by atoms with E-state index in [4.69, 9.17) is 4.42 Å². The molecule has 0 aliphatic rings. The van der Waals surface area contributed by atoms with Crippen LogP contribution in [0.3, 0.4) is 0 Å². The Kier molecular flexibility index (Phi) is 4.53. The van der Waals surface area contributed by atoms with Crippen LogP contribution < -0.4 is 5.32 Å². The van der Waals surface area contributed by atoms with Crippen LogP contribution in [0.5, 0.6) is 0 Å². The third-order valence-corrected chi connectivity index (χ3v) is 4.02. The van der Waals surface area contributed by atoms with Crippen LogP contribution in [-0.4, -0.2) is 10.8 Å². The number of oxazole rings is 1. The Balaban J connectivity index is 1.92. The highest BCUT2D eigenvalue weighted by Gasteiger charge is 2.18. The van der Waals surface area contributed by atoms with E-state index in [1.807, 2.05) is 0 Å². The van der Waals surface area contributed by atoms with Crippen molar-refractivity contribution in [2.45, 2.75) is 27.2 Å². The summed E-state index contributed by atoms with van der Waals surface area (Å²) in [6.45, 7) is 5.30. The van der Waals surface area contributed by atoms with Crippen molar-refractivity contribution in [3.8, 4) is 0 Å². The third-order valence-electron chi connectivity index (χ3n) is 4.02. The molecule has 0 bridgehead atoms. The lowest BCUT2D eigenvalue weighted by Crippen LogP contribution is -2.11. The minimum Gasteiger partial charge on any atom is -0.420 e. The molecule has 3 rings (SSSR count). The maximum absolute atomic E-state index is 14.6. The predicted molar refractivity (Wildman–Crippen MR) is 91.9 cm³/mol. The number of carbonyl (C=O) groups excluding carboxylic acids is 1. The molecular weight excluding hydrogens is 326 g/mol. The first-order valence-electron chi connectivity index (χ1n) is 7.99. The number of ketones is 1. The number of benzene rings is 2. The lowest BCUT2D eigenvalue weighted by Gasteiger charge is -2.05. The van der Waals surface area contributed by atoms with Crippen LogP contribution in [0.2, 0.25) is 0 Å². The van der Waals surface area contributed by atoms with Crippen LogP contribution in [-0.2, 0) is 11.2 Å². The highest BCUT2D eigenvalue weighted by atomic mass is 19.1. The predicted octanol–water partition coefficient (Wildman–Crippen LogP) is 4.93. The van der Waals surface area contributed by atoms with E-state index in [1.54, 1.807) is 39.0 Å². The maximum atomic E-state index is 14.6. The molecule has 25 heavy (non-hydrogen) atoms. The number of anilines is 2. The lowest BCUT2D eigenvalue weighted by atomic mass is 10.0. The van der Waals surface area contributed by atoms with Gasteiger partial charge >= 0.3 is 0 Å². The van der Waals surface area contributed by atoms with E-state index in [1.165, 1.54) is 12.1 Å². The van der Waals surface area contributed by atoms with Crippen molar-refractivity contribution in [3.05, 3.63) is 53.1 Å². The second kappa shape index (κ2) is 6.63. The molecular formula is C19H18F2N2O2. The van der Waals surface area contributed by atoms with Crippen LogP contribution in [0.1, 0.15) is 25.0 Å². The molecule has 1 N–H and O–H groups in total. The summed E-state index contributed by atoms with van der Waals surface area (Å²) in [4.78, 5) is 16.0. The standard InChI is InChI=1S/C19H18F2N2O2/c1-10(2)16(24)9-12-4-6-15-18(17(12)21)25-19(23-15)22-14-7-5-13(20)8-11(14)3/h4-8,10H,9H2,1-3H3,(H,22,23). The number of fused-ring (bicyclic) bond motifs is 1. The van der Waals surface area contributed by atoms with E-state index in [9.17, 15) is 13.6 Å². The molecule has 1 aromatic heterocycles. The molecule has 0 unspecified atom stereocenters. The van der Waals surface area contributed by atoms with Crippen molar-refractivity contribution in [2.75, 3.05) is 5.32 Å². The summed E-state index contributed by atoms with van der Waals surface area (Å²) in [5.74, 6) is -1.13. The first-order valence-corrected chi connectivity index (χ1v) is 7.99. The molecule has 0 radical (unpaired) electrons. The number of hydrogen-bond donors (Lipinski definition) is 1. The van der Waals surface area contributed by atoms with Gasteiger partial charge in [-0.25, -0.2) is 8.78 Å². The van der Waals surface area contributed by atoms with Gasteiger partial charge in [0.15, 0.2) is 11.4 Å².